The molecule has 59 heavy (non-hydrogen) atoms. The van der Waals surface area contributed by atoms with Crippen LogP contribution < -0.4 is 12.4 Å². The Labute approximate surface area is 354 Å². The largest absolute Gasteiger partial charge is 1.00 e. The summed E-state index contributed by atoms with van der Waals surface area (Å²) in [5.41, 5.74) is 9.63. The molecule has 0 aromatic heterocycles. The van der Waals surface area contributed by atoms with Gasteiger partial charge in [-0.15, -0.1) is 0 Å². The highest BCUT2D eigenvalue weighted by molar-refractivity contribution is 7.97. The lowest BCUT2D eigenvalue weighted by atomic mass is 9.97. The van der Waals surface area contributed by atoms with Crippen molar-refractivity contribution in [3.63, 3.8) is 0 Å². The molecule has 9 rings (SSSR count). The van der Waals surface area contributed by atoms with Crippen LogP contribution in [0.25, 0.3) is 66.8 Å². The molecule has 286 valence electrons. The summed E-state index contributed by atoms with van der Waals surface area (Å²) >= 11 is 0. The van der Waals surface area contributed by atoms with Crippen molar-refractivity contribution >= 4 is 10.9 Å². The fourth-order valence-corrected chi connectivity index (χ4v) is 9.84. The van der Waals surface area contributed by atoms with Gasteiger partial charge in [-0.1, -0.05) is 182 Å². The number of benzene rings is 9. The molecule has 0 saturated carbocycles. The SMILES string of the molecule is Oc1c(-c2ccccc2)cc([S+](c2cc(-c3ccccc3)c(O)c(-c3ccccc3)c2)c2cc(-c3ccccc3)c(O)c(-c3ccccc3)c2)cc1-c1ccccc1.[Cl-]. The molecule has 3 nitrogen and oxygen atoms in total. The second kappa shape index (κ2) is 17.3. The highest BCUT2D eigenvalue weighted by atomic mass is 35.5. The summed E-state index contributed by atoms with van der Waals surface area (Å²) in [4.78, 5) is 2.88. The molecule has 0 fully saturated rings. The van der Waals surface area contributed by atoms with E-state index in [9.17, 15) is 15.3 Å². The van der Waals surface area contributed by atoms with Crippen molar-refractivity contribution in [2.45, 2.75) is 14.7 Å². The lowest BCUT2D eigenvalue weighted by molar-refractivity contribution is -0.0000138. The third kappa shape index (κ3) is 7.84. The monoisotopic (exact) mass is 802 g/mol. The number of halogens is 1. The molecule has 0 spiro atoms. The zero-order chi connectivity index (χ0) is 39.4. The molecule has 0 radical (unpaired) electrons. The first-order valence-corrected chi connectivity index (χ1v) is 20.4. The first kappa shape index (κ1) is 38.9. The number of phenolic OH excluding ortho intramolecular Hbond substituents is 3. The maximum Gasteiger partial charge on any atom is 0.168 e. The van der Waals surface area contributed by atoms with Crippen molar-refractivity contribution in [2.75, 3.05) is 0 Å². The zero-order valence-corrected chi connectivity index (χ0v) is 33.5. The Hall–Kier alpha value is -6.98. The predicted octanol–water partition coefficient (Wildman–Crippen LogP) is 10.9. The van der Waals surface area contributed by atoms with Crippen LogP contribution in [0.3, 0.4) is 0 Å². The minimum Gasteiger partial charge on any atom is -1.00 e. The Morgan fingerprint density at radius 2 is 0.390 bits per heavy atom. The summed E-state index contributed by atoms with van der Waals surface area (Å²) < 4.78 is 0. The van der Waals surface area contributed by atoms with Gasteiger partial charge in [-0.2, -0.15) is 0 Å². The van der Waals surface area contributed by atoms with Gasteiger partial charge in [0.2, 0.25) is 0 Å². The lowest BCUT2D eigenvalue weighted by Crippen LogP contribution is -3.00. The predicted molar refractivity (Wildman–Crippen MR) is 239 cm³/mol. The van der Waals surface area contributed by atoms with Crippen molar-refractivity contribution in [3.05, 3.63) is 218 Å². The van der Waals surface area contributed by atoms with Crippen LogP contribution in [-0.2, 0) is 10.9 Å². The summed E-state index contributed by atoms with van der Waals surface area (Å²) in [5.74, 6) is 0.600. The van der Waals surface area contributed by atoms with Crippen molar-refractivity contribution in [1.29, 1.82) is 0 Å². The van der Waals surface area contributed by atoms with Crippen LogP contribution in [0.5, 0.6) is 17.2 Å². The van der Waals surface area contributed by atoms with E-state index in [0.29, 0.717) is 33.4 Å². The number of rotatable bonds is 9. The average molecular weight is 803 g/mol. The summed E-state index contributed by atoms with van der Waals surface area (Å²) in [6, 6.07) is 72.6. The first-order chi connectivity index (χ1) is 28.5. The Balaban J connectivity index is 0.00000484. The second-order valence-electron chi connectivity index (χ2n) is 14.1. The molecule has 9 aromatic rings. The summed E-state index contributed by atoms with van der Waals surface area (Å²) in [7, 11) is -0.877. The third-order valence-corrected chi connectivity index (χ3v) is 12.6. The van der Waals surface area contributed by atoms with Crippen molar-refractivity contribution in [2.24, 2.45) is 0 Å². The highest BCUT2D eigenvalue weighted by Crippen LogP contribution is 2.49. The van der Waals surface area contributed by atoms with Crippen LogP contribution in [-0.4, -0.2) is 15.3 Å². The lowest BCUT2D eigenvalue weighted by Gasteiger charge is -2.19. The first-order valence-electron chi connectivity index (χ1n) is 19.2. The van der Waals surface area contributed by atoms with Gasteiger partial charge in [-0.3, -0.25) is 0 Å². The van der Waals surface area contributed by atoms with E-state index in [-0.39, 0.29) is 29.7 Å². The van der Waals surface area contributed by atoms with Crippen LogP contribution in [0.2, 0.25) is 0 Å². The van der Waals surface area contributed by atoms with Crippen molar-refractivity contribution < 1.29 is 27.7 Å². The standard InChI is InChI=1S/C54H38O3S.ClH/c55-52-46(37-19-7-1-8-20-37)31-43(32-47(52)38-21-9-2-10-22-38)58(44-33-48(39-23-11-3-12-24-39)53(56)49(34-44)40-25-13-4-14-26-40)45-35-50(41-27-15-5-16-28-41)54(57)51(36-45)42-29-17-6-18-30-42;/h1-36H,(H2-,55,56,57);1H. The van der Waals surface area contributed by atoms with Gasteiger partial charge < -0.3 is 27.7 Å². The molecule has 0 aliphatic heterocycles. The fraction of sp³-hybridized carbons (Fsp3) is 0. The molecule has 0 bridgehead atoms. The summed E-state index contributed by atoms with van der Waals surface area (Å²) in [5, 5.41) is 36.4. The van der Waals surface area contributed by atoms with Gasteiger partial charge in [-0.25, -0.2) is 0 Å². The van der Waals surface area contributed by atoms with E-state index in [1.807, 2.05) is 182 Å². The summed E-state index contributed by atoms with van der Waals surface area (Å²) in [6.45, 7) is 0. The normalized spacial score (nSPS) is 10.9. The van der Waals surface area contributed by atoms with E-state index in [1.54, 1.807) is 0 Å². The third-order valence-electron chi connectivity index (χ3n) is 10.5. The fourth-order valence-electron chi connectivity index (χ4n) is 7.61. The van der Waals surface area contributed by atoms with Gasteiger partial charge in [-0.05, 0) is 33.4 Å². The molecule has 0 amide bonds. The number of phenols is 3. The molecular formula is C54H39ClO3S. The van der Waals surface area contributed by atoms with E-state index in [0.717, 1.165) is 48.1 Å². The Bertz CT molecular complexity index is 2340. The van der Waals surface area contributed by atoms with Gasteiger partial charge >= 0.3 is 0 Å². The van der Waals surface area contributed by atoms with Crippen LogP contribution in [0.1, 0.15) is 0 Å². The number of hydrogen-bond donors (Lipinski definition) is 3. The highest BCUT2D eigenvalue weighted by Gasteiger charge is 2.35. The Kier molecular flexibility index (Phi) is 11.4. The minimum absolute atomic E-state index is 0. The Morgan fingerprint density at radius 3 is 0.542 bits per heavy atom. The van der Waals surface area contributed by atoms with Gasteiger partial charge in [0.05, 0.1) is 10.9 Å². The van der Waals surface area contributed by atoms with Crippen LogP contribution >= 0.6 is 0 Å². The Morgan fingerprint density at radius 1 is 0.237 bits per heavy atom. The average Bonchev–Trinajstić information content (AvgIpc) is 3.29. The van der Waals surface area contributed by atoms with Gasteiger partial charge in [0.25, 0.3) is 0 Å². The maximum atomic E-state index is 12.1. The van der Waals surface area contributed by atoms with Gasteiger partial charge in [0.15, 0.2) is 14.7 Å². The smallest absolute Gasteiger partial charge is 0.168 e. The van der Waals surface area contributed by atoms with Crippen molar-refractivity contribution in [1.82, 2.24) is 0 Å². The molecule has 0 saturated heterocycles. The molecular weight excluding hydrogens is 764 g/mol. The number of aromatic hydroxyl groups is 3. The molecule has 0 aliphatic rings. The van der Waals surface area contributed by atoms with Gasteiger partial charge in [0.1, 0.15) is 17.2 Å². The van der Waals surface area contributed by atoms with Gasteiger partial charge in [0, 0.05) is 69.8 Å². The zero-order valence-electron chi connectivity index (χ0n) is 31.9. The number of hydrogen-bond acceptors (Lipinski definition) is 3. The van der Waals surface area contributed by atoms with E-state index in [2.05, 4.69) is 36.4 Å². The van der Waals surface area contributed by atoms with E-state index >= 15 is 0 Å². The second-order valence-corrected chi connectivity index (χ2v) is 16.1. The van der Waals surface area contributed by atoms with Crippen molar-refractivity contribution in [3.8, 4) is 84.0 Å². The molecule has 9 aromatic carbocycles. The summed E-state index contributed by atoms with van der Waals surface area (Å²) in [6.07, 6.45) is 0. The molecule has 0 heterocycles. The molecule has 0 aliphatic carbocycles. The molecule has 0 unspecified atom stereocenters. The maximum absolute atomic E-state index is 12.1. The van der Waals surface area contributed by atoms with Crippen LogP contribution in [0.15, 0.2) is 233 Å². The quantitative estimate of drug-likeness (QED) is 0.127. The topological polar surface area (TPSA) is 60.7 Å². The molecule has 0 atom stereocenters. The van der Waals surface area contributed by atoms with Crippen LogP contribution in [0.4, 0.5) is 0 Å². The molecule has 3 N–H and O–H groups in total. The molecule has 5 heteroatoms. The van der Waals surface area contributed by atoms with Crippen LogP contribution in [0, 0.1) is 0 Å². The van der Waals surface area contributed by atoms with E-state index in [4.69, 9.17) is 0 Å². The van der Waals surface area contributed by atoms with E-state index in [1.165, 1.54) is 0 Å². The van der Waals surface area contributed by atoms with E-state index < -0.39 is 10.9 Å². The minimum atomic E-state index is -0.877.